The molecule has 0 amide bonds. The summed E-state index contributed by atoms with van der Waals surface area (Å²) in [5.74, 6) is 0.438. The van der Waals surface area contributed by atoms with Gasteiger partial charge in [-0.25, -0.2) is 4.98 Å². The minimum atomic E-state index is 0.438. The summed E-state index contributed by atoms with van der Waals surface area (Å²) in [6, 6.07) is 26.5. The predicted molar refractivity (Wildman–Crippen MR) is 117 cm³/mol. The van der Waals surface area contributed by atoms with Crippen LogP contribution in [0.25, 0.3) is 54.1 Å². The maximum atomic E-state index is 5.14. The van der Waals surface area contributed by atoms with E-state index >= 15 is 0 Å². The maximum absolute atomic E-state index is 5.14. The van der Waals surface area contributed by atoms with Gasteiger partial charge in [-0.15, -0.1) is 0 Å². The molecule has 6 aromatic rings. The molecule has 0 spiro atoms. The fourth-order valence-corrected chi connectivity index (χ4v) is 4.76. The number of para-hydroxylation sites is 1. The number of hydrogen-bond acceptors (Lipinski definition) is 1. The average Bonchev–Trinajstić information content (AvgIpc) is 2.70. The molecule has 0 unspecified atom stereocenters. The highest BCUT2D eigenvalue weighted by atomic mass is 14.7. The van der Waals surface area contributed by atoms with E-state index in [0.717, 1.165) is 11.0 Å². The van der Waals surface area contributed by atoms with Crippen LogP contribution in [0.1, 0.15) is 25.3 Å². The zero-order valence-corrected chi connectivity index (χ0v) is 15.5. The number of aromatic nitrogens is 1. The second-order valence-corrected chi connectivity index (χ2v) is 7.79. The summed E-state index contributed by atoms with van der Waals surface area (Å²) >= 11 is 0. The van der Waals surface area contributed by atoms with Crippen molar-refractivity contribution < 1.29 is 0 Å². The Labute approximate surface area is 157 Å². The van der Waals surface area contributed by atoms with E-state index in [2.05, 4.69) is 86.6 Å². The van der Waals surface area contributed by atoms with E-state index in [1.165, 1.54) is 48.7 Å². The Morgan fingerprint density at radius 3 is 2.11 bits per heavy atom. The second kappa shape index (κ2) is 5.17. The van der Waals surface area contributed by atoms with Gasteiger partial charge in [-0.1, -0.05) is 80.6 Å². The van der Waals surface area contributed by atoms with Gasteiger partial charge in [-0.05, 0) is 44.5 Å². The van der Waals surface area contributed by atoms with E-state index in [0.29, 0.717) is 5.92 Å². The maximum Gasteiger partial charge on any atom is 0.0756 e. The first-order chi connectivity index (χ1) is 13.2. The van der Waals surface area contributed by atoms with E-state index in [4.69, 9.17) is 4.98 Å². The first-order valence-electron chi connectivity index (χ1n) is 9.62. The Morgan fingerprint density at radius 2 is 1.30 bits per heavy atom. The van der Waals surface area contributed by atoms with Crippen LogP contribution in [-0.2, 0) is 0 Å². The molecule has 1 heterocycles. The molecule has 0 saturated heterocycles. The smallest absolute Gasteiger partial charge is 0.0756 e. The molecule has 0 aliphatic rings. The molecule has 0 bridgehead atoms. The molecule has 0 aliphatic carbocycles. The molecule has 0 N–H and O–H groups in total. The van der Waals surface area contributed by atoms with Crippen LogP contribution in [-0.4, -0.2) is 4.98 Å². The van der Waals surface area contributed by atoms with Crippen molar-refractivity contribution >= 4 is 54.1 Å². The van der Waals surface area contributed by atoms with Crippen molar-refractivity contribution in [2.75, 3.05) is 0 Å². The lowest BCUT2D eigenvalue weighted by Crippen LogP contribution is -1.96. The van der Waals surface area contributed by atoms with Gasteiger partial charge in [0.15, 0.2) is 0 Å². The normalized spacial score (nSPS) is 12.4. The molecule has 1 nitrogen and oxygen atoms in total. The second-order valence-electron chi connectivity index (χ2n) is 7.79. The molecular weight excluding hydrogens is 326 g/mol. The van der Waals surface area contributed by atoms with Crippen molar-refractivity contribution in [3.05, 3.63) is 78.4 Å². The van der Waals surface area contributed by atoms with Gasteiger partial charge in [0.25, 0.3) is 0 Å². The molecule has 1 heteroatoms. The van der Waals surface area contributed by atoms with Gasteiger partial charge in [-0.3, -0.25) is 0 Å². The van der Waals surface area contributed by atoms with Gasteiger partial charge in [-0.2, -0.15) is 0 Å². The van der Waals surface area contributed by atoms with Gasteiger partial charge in [0, 0.05) is 16.2 Å². The van der Waals surface area contributed by atoms with Crippen LogP contribution in [0.15, 0.2) is 72.8 Å². The number of hydrogen-bond donors (Lipinski definition) is 0. The lowest BCUT2D eigenvalue weighted by molar-refractivity contribution is 0.874. The van der Waals surface area contributed by atoms with E-state index in [1.54, 1.807) is 0 Å². The van der Waals surface area contributed by atoms with Crippen LogP contribution in [0, 0.1) is 0 Å². The Balaban J connectivity index is 2.08. The van der Waals surface area contributed by atoms with E-state index in [-0.39, 0.29) is 0 Å². The number of benzene rings is 5. The lowest BCUT2D eigenvalue weighted by atomic mass is 9.87. The minimum Gasteiger partial charge on any atom is -0.247 e. The van der Waals surface area contributed by atoms with Crippen molar-refractivity contribution in [1.82, 2.24) is 4.98 Å². The van der Waals surface area contributed by atoms with Crippen molar-refractivity contribution in [2.45, 2.75) is 19.8 Å². The van der Waals surface area contributed by atoms with Crippen molar-refractivity contribution in [3.63, 3.8) is 0 Å². The Hall–Kier alpha value is -3.19. The number of fused-ring (bicyclic) bond motifs is 4. The highest BCUT2D eigenvalue weighted by Gasteiger charge is 2.18. The molecule has 0 radical (unpaired) electrons. The van der Waals surface area contributed by atoms with Gasteiger partial charge in [0.2, 0.25) is 0 Å². The molecular formula is C26H19N. The molecule has 0 aliphatic heterocycles. The summed E-state index contributed by atoms with van der Waals surface area (Å²) in [4.78, 5) is 5.14. The van der Waals surface area contributed by atoms with E-state index < -0.39 is 0 Å². The molecule has 6 rings (SSSR count). The Morgan fingerprint density at radius 1 is 0.593 bits per heavy atom. The third-order valence-corrected chi connectivity index (χ3v) is 5.95. The van der Waals surface area contributed by atoms with Crippen molar-refractivity contribution in [1.29, 1.82) is 0 Å². The number of pyridine rings is 1. The van der Waals surface area contributed by atoms with Crippen LogP contribution < -0.4 is 0 Å². The molecule has 27 heavy (non-hydrogen) atoms. The number of rotatable bonds is 1. The largest absolute Gasteiger partial charge is 0.247 e. The third-order valence-electron chi connectivity index (χ3n) is 5.95. The molecule has 0 saturated carbocycles. The van der Waals surface area contributed by atoms with Gasteiger partial charge >= 0.3 is 0 Å². The van der Waals surface area contributed by atoms with Gasteiger partial charge in [0.05, 0.1) is 11.0 Å². The number of nitrogens with zero attached hydrogens (tertiary/aromatic N) is 1. The van der Waals surface area contributed by atoms with Crippen LogP contribution in [0.3, 0.4) is 0 Å². The fourth-order valence-electron chi connectivity index (χ4n) is 4.76. The molecule has 1 aromatic heterocycles. The van der Waals surface area contributed by atoms with E-state index in [9.17, 15) is 0 Å². The topological polar surface area (TPSA) is 12.9 Å². The molecule has 0 atom stereocenters. The zero-order chi connectivity index (χ0) is 18.1. The van der Waals surface area contributed by atoms with Gasteiger partial charge < -0.3 is 0 Å². The summed E-state index contributed by atoms with van der Waals surface area (Å²) in [5, 5.41) is 10.5. The summed E-state index contributed by atoms with van der Waals surface area (Å²) < 4.78 is 0. The highest BCUT2D eigenvalue weighted by Crippen LogP contribution is 2.43. The predicted octanol–water partition coefficient (Wildman–Crippen LogP) is 7.41. The first kappa shape index (κ1) is 14.9. The van der Waals surface area contributed by atoms with Crippen LogP contribution in [0.4, 0.5) is 0 Å². The summed E-state index contributed by atoms with van der Waals surface area (Å²) in [6.45, 7) is 4.51. The standard InChI is InChI=1S/C26H19N/c1-15(2)17-13-14-19-18-10-5-7-16-8-6-11-21(23(16)18)24-20-9-3-4-12-22(20)27-26(17)25(19)24/h3-15H,1-2H3. The summed E-state index contributed by atoms with van der Waals surface area (Å²) in [6.07, 6.45) is 0. The summed E-state index contributed by atoms with van der Waals surface area (Å²) in [5.41, 5.74) is 3.56. The molecule has 5 aromatic carbocycles. The van der Waals surface area contributed by atoms with E-state index in [1.807, 2.05) is 0 Å². The van der Waals surface area contributed by atoms with Crippen LogP contribution in [0.5, 0.6) is 0 Å². The Kier molecular flexibility index (Phi) is 2.86. The minimum absolute atomic E-state index is 0.438. The quantitative estimate of drug-likeness (QED) is 0.223. The SMILES string of the molecule is CC(C)c1ccc2c3cccc4cccc(c43)c3c4ccccc4nc1c23. The lowest BCUT2D eigenvalue weighted by Gasteiger charge is -2.18. The Bertz CT molecular complexity index is 1490. The zero-order valence-electron chi connectivity index (χ0n) is 15.5. The van der Waals surface area contributed by atoms with Crippen molar-refractivity contribution in [3.8, 4) is 0 Å². The molecule has 0 fully saturated rings. The summed E-state index contributed by atoms with van der Waals surface area (Å²) in [7, 11) is 0. The van der Waals surface area contributed by atoms with Crippen LogP contribution >= 0.6 is 0 Å². The first-order valence-corrected chi connectivity index (χ1v) is 9.62. The molecule has 128 valence electrons. The average molecular weight is 345 g/mol. The van der Waals surface area contributed by atoms with Crippen molar-refractivity contribution in [2.24, 2.45) is 0 Å². The van der Waals surface area contributed by atoms with Gasteiger partial charge in [0.1, 0.15) is 0 Å². The third kappa shape index (κ3) is 1.86. The highest BCUT2D eigenvalue weighted by molar-refractivity contribution is 6.37. The van der Waals surface area contributed by atoms with Crippen LogP contribution in [0.2, 0.25) is 0 Å². The fraction of sp³-hybridized carbons (Fsp3) is 0.115. The monoisotopic (exact) mass is 345 g/mol.